The van der Waals surface area contributed by atoms with Crippen molar-refractivity contribution >= 4 is 23.1 Å². The van der Waals surface area contributed by atoms with Crippen molar-refractivity contribution in [2.45, 2.75) is 49.8 Å². The van der Waals surface area contributed by atoms with Crippen LogP contribution in [0.3, 0.4) is 0 Å². The molecule has 0 saturated heterocycles. The highest BCUT2D eigenvalue weighted by molar-refractivity contribution is 6.30. The molecule has 0 aliphatic carbocycles. The fourth-order valence-electron chi connectivity index (χ4n) is 5.27. The van der Waals surface area contributed by atoms with Crippen molar-refractivity contribution in [1.82, 2.24) is 0 Å². The number of aliphatic hydroxyl groups is 1. The maximum absolute atomic E-state index is 13.8. The Morgan fingerprint density at radius 3 is 1.91 bits per heavy atom. The fourth-order valence-corrected chi connectivity index (χ4v) is 5.42. The Hall–Kier alpha value is -5.18. The van der Waals surface area contributed by atoms with Crippen LogP contribution in [0.25, 0.3) is 11.1 Å². The summed E-state index contributed by atoms with van der Waals surface area (Å²) in [5, 5.41) is 9.91. The van der Waals surface area contributed by atoms with Gasteiger partial charge in [0.25, 0.3) is 0 Å². The lowest BCUT2D eigenvalue weighted by molar-refractivity contribution is -0.274. The summed E-state index contributed by atoms with van der Waals surface area (Å²) in [6.45, 7) is -1.70. The summed E-state index contributed by atoms with van der Waals surface area (Å²) in [5.41, 5.74) is -0.353. The van der Waals surface area contributed by atoms with Crippen molar-refractivity contribution in [1.29, 1.82) is 0 Å². The van der Waals surface area contributed by atoms with Gasteiger partial charge in [-0.3, -0.25) is 4.79 Å². The average Bonchev–Trinajstić information content (AvgIpc) is 3.14. The summed E-state index contributed by atoms with van der Waals surface area (Å²) in [6, 6.07) is 16.7. The van der Waals surface area contributed by atoms with Gasteiger partial charge >= 0.3 is 37.6 Å². The van der Waals surface area contributed by atoms with E-state index in [0.717, 1.165) is 35.2 Å². The number of hydrogen-bond donors (Lipinski definition) is 1. The third-order valence-electron chi connectivity index (χ3n) is 7.78. The van der Waals surface area contributed by atoms with Gasteiger partial charge in [-0.15, -0.1) is 24.8 Å². The number of para-hydroxylation sites is 3. The summed E-state index contributed by atoms with van der Waals surface area (Å²) >= 11 is 5.25. The number of carbonyl (C=O) groups excluding carboxylic acids is 1. The highest BCUT2D eigenvalue weighted by Gasteiger charge is 2.47. The molecule has 2 unspecified atom stereocenters. The number of halogens is 15. The van der Waals surface area contributed by atoms with Gasteiger partial charge in [0.05, 0.1) is 29.7 Å². The number of anilines is 1. The van der Waals surface area contributed by atoms with Crippen molar-refractivity contribution in [3.8, 4) is 34.1 Å². The highest BCUT2D eigenvalue weighted by atomic mass is 35.5. The zero-order chi connectivity index (χ0) is 43.2. The molecule has 7 nitrogen and oxygen atoms in total. The van der Waals surface area contributed by atoms with E-state index in [4.69, 9.17) is 16.3 Å². The summed E-state index contributed by atoms with van der Waals surface area (Å²) in [5.74, 6) is -3.22. The van der Waals surface area contributed by atoms with Crippen LogP contribution in [0.1, 0.15) is 22.0 Å². The SMILES string of the molecule is O=C(CCl)c1ccccc1OC(F)(F)C(F)F.OC(CN1c2cccc(-c3cccc(OC(F)(F)F)c3)c2OCC1c1ccccc1OC(F)(F)C(F)F)C(F)(F)F. The number of aliphatic hydroxyl groups excluding tert-OH is 1. The van der Waals surface area contributed by atoms with E-state index in [2.05, 4.69) is 14.2 Å². The van der Waals surface area contributed by atoms with Crippen LogP contribution in [0.4, 0.5) is 67.2 Å². The van der Waals surface area contributed by atoms with Crippen molar-refractivity contribution < 1.29 is 90.3 Å². The molecule has 4 aromatic rings. The van der Waals surface area contributed by atoms with E-state index in [1.165, 1.54) is 60.7 Å². The molecule has 5 rings (SSSR count). The molecule has 0 radical (unpaired) electrons. The molecule has 1 aliphatic rings. The molecule has 22 heteroatoms. The van der Waals surface area contributed by atoms with Gasteiger partial charge in [-0.1, -0.05) is 54.6 Å². The Balaban J connectivity index is 0.000000366. The van der Waals surface area contributed by atoms with E-state index in [1.807, 2.05) is 0 Å². The summed E-state index contributed by atoms with van der Waals surface area (Å²) in [4.78, 5) is 12.2. The first-order valence-electron chi connectivity index (χ1n) is 16.1. The third kappa shape index (κ3) is 11.5. The minimum absolute atomic E-state index is 0.0976. The average molecular weight is 870 g/mol. The minimum atomic E-state index is -5.11. The largest absolute Gasteiger partial charge is 0.573 e. The number of Topliss-reactive ketones (excluding diaryl/α,β-unsaturated/α-hetero) is 1. The third-order valence-corrected chi connectivity index (χ3v) is 8.02. The quantitative estimate of drug-likeness (QED) is 0.0815. The predicted molar refractivity (Wildman–Crippen MR) is 177 cm³/mol. The first-order chi connectivity index (χ1) is 26.9. The molecular formula is C36H26ClF14NO6. The number of benzene rings is 4. The number of fused-ring (bicyclic) bond motifs is 1. The van der Waals surface area contributed by atoms with Crippen LogP contribution in [0.5, 0.6) is 23.0 Å². The normalized spacial score (nSPS) is 15.2. The Kier molecular flexibility index (Phi) is 14.3. The van der Waals surface area contributed by atoms with Crippen LogP contribution in [0.15, 0.2) is 91.0 Å². The van der Waals surface area contributed by atoms with Gasteiger partial charge in [0.1, 0.15) is 23.9 Å². The summed E-state index contributed by atoms with van der Waals surface area (Å²) < 4.78 is 199. The molecule has 1 heterocycles. The van der Waals surface area contributed by atoms with Gasteiger partial charge in [-0.2, -0.15) is 48.3 Å². The van der Waals surface area contributed by atoms with E-state index in [0.29, 0.717) is 0 Å². The summed E-state index contributed by atoms with van der Waals surface area (Å²) in [7, 11) is 0. The second-order valence-corrected chi connectivity index (χ2v) is 12.1. The number of carbonyl (C=O) groups is 1. The van der Waals surface area contributed by atoms with E-state index in [-0.39, 0.29) is 33.7 Å². The molecule has 0 bridgehead atoms. The maximum atomic E-state index is 13.8. The first kappa shape index (κ1) is 45.5. The molecule has 58 heavy (non-hydrogen) atoms. The predicted octanol–water partition coefficient (Wildman–Crippen LogP) is 10.7. The molecule has 1 N–H and O–H groups in total. The minimum Gasteiger partial charge on any atom is -0.488 e. The molecule has 0 amide bonds. The van der Waals surface area contributed by atoms with Crippen molar-refractivity contribution in [2.75, 3.05) is 23.9 Å². The van der Waals surface area contributed by atoms with Crippen LogP contribution >= 0.6 is 11.6 Å². The van der Waals surface area contributed by atoms with Gasteiger partial charge in [0.15, 0.2) is 17.6 Å². The first-order valence-corrected chi connectivity index (χ1v) is 16.6. The Morgan fingerprint density at radius 2 is 1.33 bits per heavy atom. The number of ketones is 1. The lowest BCUT2D eigenvalue weighted by Crippen LogP contribution is -2.46. The smallest absolute Gasteiger partial charge is 0.488 e. The number of alkyl halides is 15. The molecule has 4 aromatic carbocycles. The molecule has 2 atom stereocenters. The zero-order valence-corrected chi connectivity index (χ0v) is 29.5. The lowest BCUT2D eigenvalue weighted by Gasteiger charge is -2.41. The van der Waals surface area contributed by atoms with Crippen LogP contribution in [-0.4, -0.2) is 73.6 Å². The van der Waals surface area contributed by atoms with Gasteiger partial charge in [-0.05, 0) is 42.0 Å². The molecular weight excluding hydrogens is 844 g/mol. The van der Waals surface area contributed by atoms with Crippen LogP contribution in [-0.2, 0) is 0 Å². The Labute approximate surface area is 323 Å². The van der Waals surface area contributed by atoms with E-state index in [1.54, 1.807) is 0 Å². The van der Waals surface area contributed by atoms with Gasteiger partial charge in [0.2, 0.25) is 0 Å². The Bertz CT molecular complexity index is 2010. The lowest BCUT2D eigenvalue weighted by atomic mass is 9.97. The molecule has 0 fully saturated rings. The highest BCUT2D eigenvalue weighted by Crippen LogP contribution is 2.48. The molecule has 0 aromatic heterocycles. The second-order valence-electron chi connectivity index (χ2n) is 11.8. The fraction of sp³-hybridized carbons (Fsp3) is 0.306. The van der Waals surface area contributed by atoms with E-state index in [9.17, 15) is 71.4 Å². The second kappa shape index (κ2) is 18.2. The Morgan fingerprint density at radius 1 is 0.759 bits per heavy atom. The zero-order valence-electron chi connectivity index (χ0n) is 28.7. The van der Waals surface area contributed by atoms with Crippen LogP contribution in [0, 0.1) is 0 Å². The number of hydrogen-bond acceptors (Lipinski definition) is 7. The molecule has 0 saturated carbocycles. The van der Waals surface area contributed by atoms with Crippen molar-refractivity contribution in [3.63, 3.8) is 0 Å². The number of ether oxygens (including phenoxy) is 4. The van der Waals surface area contributed by atoms with E-state index < -0.39 is 91.8 Å². The molecule has 316 valence electrons. The summed E-state index contributed by atoms with van der Waals surface area (Å²) in [6.07, 6.45) is -30.8. The molecule has 0 spiro atoms. The monoisotopic (exact) mass is 869 g/mol. The topological polar surface area (TPSA) is 77.5 Å². The van der Waals surface area contributed by atoms with Gasteiger partial charge in [-0.25, -0.2) is 0 Å². The van der Waals surface area contributed by atoms with Crippen molar-refractivity contribution in [2.24, 2.45) is 0 Å². The van der Waals surface area contributed by atoms with Gasteiger partial charge in [0, 0.05) is 11.1 Å². The van der Waals surface area contributed by atoms with Crippen LogP contribution in [0.2, 0.25) is 0 Å². The number of β-amino-alcohol motifs (C(OH)–C–C–N with tert-alkyl or cyclic N) is 1. The van der Waals surface area contributed by atoms with E-state index >= 15 is 0 Å². The van der Waals surface area contributed by atoms with Crippen LogP contribution < -0.4 is 23.8 Å². The van der Waals surface area contributed by atoms with Gasteiger partial charge < -0.3 is 29.0 Å². The molecule has 1 aliphatic heterocycles. The number of nitrogens with zero attached hydrogens (tertiary/aromatic N) is 1. The number of rotatable bonds is 13. The van der Waals surface area contributed by atoms with Crippen molar-refractivity contribution in [3.05, 3.63) is 102 Å². The maximum Gasteiger partial charge on any atom is 0.573 e. The standard InChI is InChI=1S/C26H19F10NO4.C10H7ClF4O2/c27-23(28)25(32,33)41-20-10-2-1-7-17(20)19-13-39-22-16(14-5-3-6-15(11-14)40-26(34,35)36)8-4-9-18(22)37(19)12-21(38)24(29,30)31;11-5-7(16)6-3-1-2-4-8(6)17-10(14,15)9(12)13/h1-11,19,21,23,38H,12-13H2;1-4,9H,5H2.